The van der Waals surface area contributed by atoms with Gasteiger partial charge in [0.15, 0.2) is 12.4 Å². The second-order valence-corrected chi connectivity index (χ2v) is 12.1. The first kappa shape index (κ1) is 31.4. The van der Waals surface area contributed by atoms with Gasteiger partial charge < -0.3 is 15.4 Å². The van der Waals surface area contributed by atoms with Crippen molar-refractivity contribution >= 4 is 44.2 Å². The summed E-state index contributed by atoms with van der Waals surface area (Å²) in [5.41, 5.74) is -1.18. The molecule has 0 radical (unpaired) electrons. The molecule has 16 heteroatoms. The second-order valence-electron chi connectivity index (χ2n) is 9.53. The first-order valence-corrected chi connectivity index (χ1v) is 14.1. The Labute approximate surface area is 238 Å². The number of aryl methyl sites for hydroxylation is 1. The van der Waals surface area contributed by atoms with Gasteiger partial charge in [-0.3, -0.25) is 18.9 Å². The molecular weight excluding hydrogens is 587 g/mol. The average molecular weight is 612 g/mol. The van der Waals surface area contributed by atoms with Crippen LogP contribution in [0.15, 0.2) is 36.5 Å². The van der Waals surface area contributed by atoms with Crippen molar-refractivity contribution in [3.05, 3.63) is 63.9 Å². The highest BCUT2D eigenvalue weighted by molar-refractivity contribution is 7.98. The normalized spacial score (nSPS) is 13.1. The number of nitrogens with zero attached hydrogens (tertiary/aromatic N) is 4. The Bertz CT molecular complexity index is 1660. The molecule has 2 heterocycles. The fourth-order valence-electron chi connectivity index (χ4n) is 3.79. The van der Waals surface area contributed by atoms with Gasteiger partial charge >= 0.3 is 6.18 Å². The topological polar surface area (TPSA) is 165 Å². The lowest BCUT2D eigenvalue weighted by molar-refractivity contribution is -0.154. The third-order valence-corrected chi connectivity index (χ3v) is 6.51. The van der Waals surface area contributed by atoms with Crippen molar-refractivity contribution in [2.45, 2.75) is 32.5 Å². The predicted molar refractivity (Wildman–Crippen MR) is 148 cm³/mol. The highest BCUT2D eigenvalue weighted by atomic mass is 35.5. The van der Waals surface area contributed by atoms with Crippen LogP contribution in [0.2, 0.25) is 5.02 Å². The second kappa shape index (κ2) is 11.8. The first-order chi connectivity index (χ1) is 18.9. The molecule has 11 nitrogen and oxygen atoms in total. The van der Waals surface area contributed by atoms with E-state index in [1.165, 1.54) is 49.0 Å². The van der Waals surface area contributed by atoms with E-state index in [2.05, 4.69) is 20.7 Å². The number of nitrogens with two attached hydrogens (primary N) is 1. The number of amides is 2. The van der Waals surface area contributed by atoms with Crippen LogP contribution >= 0.6 is 11.6 Å². The molecule has 0 saturated carbocycles. The lowest BCUT2D eigenvalue weighted by Gasteiger charge is -2.24. The van der Waals surface area contributed by atoms with E-state index in [1.54, 1.807) is 13.8 Å². The number of ether oxygens (including phenoxy) is 1. The van der Waals surface area contributed by atoms with Crippen LogP contribution in [0.25, 0.3) is 5.82 Å². The molecule has 2 aromatic heterocycles. The van der Waals surface area contributed by atoms with Crippen LogP contribution in [0.4, 0.5) is 18.9 Å². The minimum Gasteiger partial charge on any atom is -0.467 e. The Morgan fingerprint density at radius 2 is 1.95 bits per heavy atom. The number of anilines is 1. The molecule has 0 aliphatic carbocycles. The zero-order chi connectivity index (χ0) is 30.8. The summed E-state index contributed by atoms with van der Waals surface area (Å²) < 4.78 is 56.0. The van der Waals surface area contributed by atoms with Crippen molar-refractivity contribution in [2.24, 2.45) is 5.14 Å². The number of benzene rings is 1. The Balaban J connectivity index is 2.08. The predicted octanol–water partition coefficient (Wildman–Crippen LogP) is 3.39. The molecule has 3 rings (SSSR count). The van der Waals surface area contributed by atoms with Crippen molar-refractivity contribution in [1.82, 2.24) is 20.1 Å². The van der Waals surface area contributed by atoms with Crippen LogP contribution in [0.5, 0.6) is 5.88 Å². The average Bonchev–Trinajstić information content (AvgIpc) is 3.26. The minimum atomic E-state index is -4.67. The SMILES string of the molecule is Cc1cc(C#N)cc(C(=O)NC(C)(C)C=S(C)(N)=O)c1NC(=O)c1cc(OCC(F)(F)F)nn1-c1ncccc1Cl. The molecular formula is C25H25ClF3N7O4S. The number of alkyl halides is 3. The van der Waals surface area contributed by atoms with Crippen LogP contribution in [-0.2, 0) is 9.71 Å². The Kier molecular flexibility index (Phi) is 9.01. The molecule has 4 N–H and O–H groups in total. The number of rotatable bonds is 8. The van der Waals surface area contributed by atoms with E-state index in [0.717, 1.165) is 10.7 Å². The highest BCUT2D eigenvalue weighted by Crippen LogP contribution is 2.27. The Morgan fingerprint density at radius 3 is 2.54 bits per heavy atom. The molecule has 0 spiro atoms. The number of aromatic nitrogens is 3. The van der Waals surface area contributed by atoms with Crippen LogP contribution in [0, 0.1) is 18.3 Å². The maximum atomic E-state index is 13.5. The zero-order valence-corrected chi connectivity index (χ0v) is 23.7. The number of carbonyl (C=O) groups is 2. The van der Waals surface area contributed by atoms with Gasteiger partial charge in [-0.1, -0.05) is 11.6 Å². The standard InChI is InChI=1S/C25H25ClF3N7O4S/c1-14-8-15(11-30)9-16(22(37)34-24(2,3)13-41(4,31)39)20(14)33-23(38)18-10-19(40-12-25(27,28)29)35-36(18)21-17(26)6-5-7-32-21/h5-10,13H,12H2,1-4H3,(H2,31,39)(H,33,38)(H,34,37). The minimum absolute atomic E-state index is 0.00934. The van der Waals surface area contributed by atoms with Crippen LogP contribution in [0.3, 0.4) is 0 Å². The number of pyridine rings is 1. The van der Waals surface area contributed by atoms with Crippen molar-refractivity contribution in [3.63, 3.8) is 0 Å². The molecule has 1 aromatic carbocycles. The third-order valence-electron chi connectivity index (χ3n) is 5.16. The molecule has 218 valence electrons. The summed E-state index contributed by atoms with van der Waals surface area (Å²) >= 11 is 6.20. The maximum Gasteiger partial charge on any atom is 0.422 e. The molecule has 1 unspecified atom stereocenters. The number of hydrogen-bond acceptors (Lipinski definition) is 7. The van der Waals surface area contributed by atoms with E-state index < -0.39 is 45.7 Å². The fourth-order valence-corrected chi connectivity index (χ4v) is 5.22. The summed E-state index contributed by atoms with van der Waals surface area (Å²) in [5.74, 6) is -2.25. The summed E-state index contributed by atoms with van der Waals surface area (Å²) in [6.45, 7) is 2.98. The summed E-state index contributed by atoms with van der Waals surface area (Å²) in [7, 11) is -2.86. The molecule has 1 atom stereocenters. The van der Waals surface area contributed by atoms with Crippen molar-refractivity contribution in [3.8, 4) is 17.8 Å². The maximum absolute atomic E-state index is 13.5. The molecule has 0 bridgehead atoms. The van der Waals surface area contributed by atoms with Gasteiger partial charge in [-0.15, -0.1) is 5.10 Å². The van der Waals surface area contributed by atoms with Gasteiger partial charge in [0.05, 0.1) is 33.4 Å². The monoisotopic (exact) mass is 611 g/mol. The first-order valence-electron chi connectivity index (χ1n) is 11.6. The van der Waals surface area contributed by atoms with Crippen LogP contribution < -0.4 is 20.5 Å². The number of carbonyl (C=O) groups excluding carboxylic acids is 2. The van der Waals surface area contributed by atoms with Crippen molar-refractivity contribution in [1.29, 1.82) is 5.26 Å². The van der Waals surface area contributed by atoms with Gasteiger partial charge in [-0.05, 0) is 50.6 Å². The van der Waals surface area contributed by atoms with E-state index in [9.17, 15) is 32.2 Å². The molecule has 2 amide bonds. The number of nitrogens with one attached hydrogen (secondary N) is 2. The van der Waals surface area contributed by atoms with Crippen LogP contribution in [-0.4, -0.2) is 60.7 Å². The van der Waals surface area contributed by atoms with Gasteiger partial charge in [-0.2, -0.15) is 18.4 Å². The Hall–Kier alpha value is -4.13. The van der Waals surface area contributed by atoms with Crippen LogP contribution in [0.1, 0.15) is 45.8 Å². The van der Waals surface area contributed by atoms with Gasteiger partial charge in [0.1, 0.15) is 5.69 Å². The summed E-state index contributed by atoms with van der Waals surface area (Å²) in [5, 5.41) is 25.5. The van der Waals surface area contributed by atoms with E-state index in [-0.39, 0.29) is 33.3 Å². The van der Waals surface area contributed by atoms with Gasteiger partial charge in [0.2, 0.25) is 5.88 Å². The number of nitriles is 1. The molecule has 0 aliphatic heterocycles. The lowest BCUT2D eigenvalue weighted by Crippen LogP contribution is -2.47. The summed E-state index contributed by atoms with van der Waals surface area (Å²) in [6, 6.07) is 8.49. The third kappa shape index (κ3) is 8.43. The van der Waals surface area contributed by atoms with Gasteiger partial charge in [0.25, 0.3) is 11.8 Å². The van der Waals surface area contributed by atoms with Gasteiger partial charge in [0, 0.05) is 33.6 Å². The lowest BCUT2D eigenvalue weighted by atomic mass is 10.0. The summed E-state index contributed by atoms with van der Waals surface area (Å²) in [6.07, 6.45) is -2.05. The quantitative estimate of drug-likeness (QED) is 0.328. The van der Waals surface area contributed by atoms with Gasteiger partial charge in [-0.25, -0.2) is 9.67 Å². The van der Waals surface area contributed by atoms with E-state index in [1.807, 2.05) is 6.07 Å². The number of hydrogen-bond donors (Lipinski definition) is 3. The fraction of sp³-hybridized carbons (Fsp3) is 0.280. The Morgan fingerprint density at radius 1 is 1.27 bits per heavy atom. The molecule has 41 heavy (non-hydrogen) atoms. The molecule has 0 aliphatic rings. The van der Waals surface area contributed by atoms with Crippen molar-refractivity contribution in [2.75, 3.05) is 18.2 Å². The molecule has 3 aromatic rings. The van der Waals surface area contributed by atoms with Crippen molar-refractivity contribution < 1.29 is 31.7 Å². The largest absolute Gasteiger partial charge is 0.467 e. The highest BCUT2D eigenvalue weighted by Gasteiger charge is 2.30. The smallest absolute Gasteiger partial charge is 0.422 e. The molecule has 0 saturated heterocycles. The van der Waals surface area contributed by atoms with E-state index >= 15 is 0 Å². The van der Waals surface area contributed by atoms with E-state index in [4.69, 9.17) is 21.5 Å². The van der Waals surface area contributed by atoms with E-state index in [0.29, 0.717) is 5.56 Å². The number of halogens is 4. The molecule has 0 fully saturated rings. The summed E-state index contributed by atoms with van der Waals surface area (Å²) in [4.78, 5) is 30.9. The zero-order valence-electron chi connectivity index (χ0n) is 22.2.